The molecule has 82 valence electrons. The normalized spacial score (nSPS) is 16.8. The number of amides is 1. The first-order chi connectivity index (χ1) is 7.20. The van der Waals surface area contributed by atoms with Crippen LogP contribution >= 0.6 is 11.6 Å². The van der Waals surface area contributed by atoms with E-state index in [0.29, 0.717) is 23.8 Å². The first kappa shape index (κ1) is 10.4. The number of aromatic nitrogens is 2. The lowest BCUT2D eigenvalue weighted by molar-refractivity contribution is 0.0730. The monoisotopic (exact) mass is 228 g/mol. The van der Waals surface area contributed by atoms with Gasteiger partial charge in [-0.3, -0.25) is 9.89 Å². The van der Waals surface area contributed by atoms with Crippen LogP contribution in [0.5, 0.6) is 0 Å². The van der Waals surface area contributed by atoms with Crippen LogP contribution in [0, 0.1) is 6.92 Å². The first-order valence-electron chi connectivity index (χ1n) is 4.90. The van der Waals surface area contributed by atoms with Gasteiger partial charge in [0.05, 0.1) is 10.7 Å². The van der Waals surface area contributed by atoms with Crippen LogP contribution in [0.2, 0.25) is 5.02 Å². The highest BCUT2D eigenvalue weighted by Crippen LogP contribution is 2.18. The minimum atomic E-state index is -0.0918. The number of H-pyrrole nitrogens is 1. The van der Waals surface area contributed by atoms with E-state index in [2.05, 4.69) is 15.5 Å². The van der Waals surface area contributed by atoms with E-state index in [1.165, 1.54) is 0 Å². The number of hydrogen-bond donors (Lipinski definition) is 2. The van der Waals surface area contributed by atoms with Crippen LogP contribution in [0.15, 0.2) is 0 Å². The van der Waals surface area contributed by atoms with E-state index >= 15 is 0 Å². The van der Waals surface area contributed by atoms with Crippen molar-refractivity contribution in [2.75, 3.05) is 26.2 Å². The van der Waals surface area contributed by atoms with Crippen LogP contribution in [0.4, 0.5) is 0 Å². The lowest BCUT2D eigenvalue weighted by Crippen LogP contribution is -2.46. The molecule has 0 bridgehead atoms. The molecule has 0 spiro atoms. The van der Waals surface area contributed by atoms with Gasteiger partial charge in [-0.25, -0.2) is 0 Å². The van der Waals surface area contributed by atoms with Crippen LogP contribution < -0.4 is 5.32 Å². The first-order valence-corrected chi connectivity index (χ1v) is 5.28. The highest BCUT2D eigenvalue weighted by Gasteiger charge is 2.23. The van der Waals surface area contributed by atoms with Gasteiger partial charge in [-0.05, 0) is 6.92 Å². The van der Waals surface area contributed by atoms with Gasteiger partial charge in [0.25, 0.3) is 5.91 Å². The highest BCUT2D eigenvalue weighted by atomic mass is 35.5. The SMILES string of the molecule is Cc1[nH]nc(C(=O)N2CCNCC2)c1Cl. The molecule has 5 nitrogen and oxygen atoms in total. The lowest BCUT2D eigenvalue weighted by Gasteiger charge is -2.26. The third-order valence-corrected chi connectivity index (χ3v) is 2.94. The van der Waals surface area contributed by atoms with Gasteiger partial charge >= 0.3 is 0 Å². The molecule has 6 heteroatoms. The molecular weight excluding hydrogens is 216 g/mol. The summed E-state index contributed by atoms with van der Waals surface area (Å²) in [5.41, 5.74) is 1.06. The maximum absolute atomic E-state index is 12.0. The summed E-state index contributed by atoms with van der Waals surface area (Å²) in [5.74, 6) is -0.0918. The second-order valence-corrected chi connectivity index (χ2v) is 3.93. The maximum Gasteiger partial charge on any atom is 0.276 e. The predicted octanol–water partition coefficient (Wildman–Crippen LogP) is 0.417. The topological polar surface area (TPSA) is 61.0 Å². The summed E-state index contributed by atoms with van der Waals surface area (Å²) in [5, 5.41) is 10.2. The van der Waals surface area contributed by atoms with E-state index in [1.54, 1.807) is 11.8 Å². The summed E-state index contributed by atoms with van der Waals surface area (Å²) >= 11 is 5.97. The van der Waals surface area contributed by atoms with Crippen LogP contribution in [-0.2, 0) is 0 Å². The van der Waals surface area contributed by atoms with Crippen molar-refractivity contribution in [3.05, 3.63) is 16.4 Å². The van der Waals surface area contributed by atoms with Gasteiger partial charge in [0.2, 0.25) is 0 Å². The van der Waals surface area contributed by atoms with Crippen molar-refractivity contribution in [1.29, 1.82) is 0 Å². The molecule has 0 saturated carbocycles. The van der Waals surface area contributed by atoms with Gasteiger partial charge in [-0.2, -0.15) is 5.10 Å². The van der Waals surface area contributed by atoms with E-state index in [9.17, 15) is 4.79 Å². The number of carbonyl (C=O) groups is 1. The zero-order chi connectivity index (χ0) is 10.8. The van der Waals surface area contributed by atoms with E-state index in [-0.39, 0.29) is 5.91 Å². The van der Waals surface area contributed by atoms with Crippen LogP contribution in [0.25, 0.3) is 0 Å². The number of carbonyl (C=O) groups excluding carboxylic acids is 1. The van der Waals surface area contributed by atoms with Crippen LogP contribution in [0.1, 0.15) is 16.2 Å². The fraction of sp³-hybridized carbons (Fsp3) is 0.556. The van der Waals surface area contributed by atoms with Gasteiger partial charge in [0.1, 0.15) is 0 Å². The molecule has 0 radical (unpaired) electrons. The number of nitrogens with one attached hydrogen (secondary N) is 2. The fourth-order valence-corrected chi connectivity index (χ4v) is 1.74. The molecule has 0 aromatic carbocycles. The standard InChI is InChI=1S/C9H13ClN4O/c1-6-7(10)8(13-12-6)9(15)14-4-2-11-3-5-14/h11H,2-5H2,1H3,(H,12,13). The minimum absolute atomic E-state index is 0.0918. The Labute approximate surface area is 92.8 Å². The third-order valence-electron chi connectivity index (χ3n) is 2.48. The largest absolute Gasteiger partial charge is 0.335 e. The molecule has 0 unspecified atom stereocenters. The summed E-state index contributed by atoms with van der Waals surface area (Å²) in [6.45, 7) is 4.87. The molecule has 2 N–H and O–H groups in total. The van der Waals surface area contributed by atoms with Gasteiger partial charge in [-0.1, -0.05) is 11.6 Å². The molecule has 15 heavy (non-hydrogen) atoms. The van der Waals surface area contributed by atoms with Crippen molar-refractivity contribution in [2.45, 2.75) is 6.92 Å². The van der Waals surface area contributed by atoms with Crippen molar-refractivity contribution < 1.29 is 4.79 Å². The number of piperazine rings is 1. The van der Waals surface area contributed by atoms with Crippen molar-refractivity contribution in [3.8, 4) is 0 Å². The number of aromatic amines is 1. The second kappa shape index (κ2) is 4.20. The van der Waals surface area contributed by atoms with Crippen molar-refractivity contribution >= 4 is 17.5 Å². The van der Waals surface area contributed by atoms with E-state index < -0.39 is 0 Å². The molecule has 1 aromatic rings. The zero-order valence-corrected chi connectivity index (χ0v) is 9.26. The molecule has 1 saturated heterocycles. The summed E-state index contributed by atoms with van der Waals surface area (Å²) in [6.07, 6.45) is 0. The zero-order valence-electron chi connectivity index (χ0n) is 8.51. The summed E-state index contributed by atoms with van der Waals surface area (Å²) in [7, 11) is 0. The fourth-order valence-electron chi connectivity index (χ4n) is 1.57. The molecule has 0 aliphatic carbocycles. The highest BCUT2D eigenvalue weighted by molar-refractivity contribution is 6.34. The summed E-state index contributed by atoms with van der Waals surface area (Å²) in [6, 6.07) is 0. The van der Waals surface area contributed by atoms with Crippen molar-refractivity contribution in [3.63, 3.8) is 0 Å². The number of aryl methyl sites for hydroxylation is 1. The Kier molecular flexibility index (Phi) is 2.93. The summed E-state index contributed by atoms with van der Waals surface area (Å²) < 4.78 is 0. The maximum atomic E-state index is 12.0. The van der Waals surface area contributed by atoms with E-state index in [1.807, 2.05) is 0 Å². The third kappa shape index (κ3) is 1.98. The second-order valence-electron chi connectivity index (χ2n) is 3.55. The van der Waals surface area contributed by atoms with E-state index in [4.69, 9.17) is 11.6 Å². The molecule has 1 aromatic heterocycles. The van der Waals surface area contributed by atoms with Crippen molar-refractivity contribution in [1.82, 2.24) is 20.4 Å². The lowest BCUT2D eigenvalue weighted by atomic mass is 10.3. The molecule has 1 fully saturated rings. The Hall–Kier alpha value is -1.07. The Morgan fingerprint density at radius 2 is 2.13 bits per heavy atom. The molecule has 2 heterocycles. The Balaban J connectivity index is 2.16. The predicted molar refractivity (Wildman–Crippen MR) is 57.1 cm³/mol. The van der Waals surface area contributed by atoms with Crippen LogP contribution in [0.3, 0.4) is 0 Å². The molecule has 1 amide bonds. The molecule has 1 aliphatic heterocycles. The number of nitrogens with zero attached hydrogens (tertiary/aromatic N) is 2. The average Bonchev–Trinajstić information content (AvgIpc) is 2.60. The Morgan fingerprint density at radius 3 is 2.67 bits per heavy atom. The molecular formula is C9H13ClN4O. The molecule has 1 aliphatic rings. The minimum Gasteiger partial charge on any atom is -0.335 e. The van der Waals surface area contributed by atoms with Gasteiger partial charge in [0, 0.05) is 26.2 Å². The van der Waals surface area contributed by atoms with Gasteiger partial charge in [0.15, 0.2) is 5.69 Å². The van der Waals surface area contributed by atoms with Gasteiger partial charge < -0.3 is 10.2 Å². The average molecular weight is 229 g/mol. The Morgan fingerprint density at radius 1 is 1.47 bits per heavy atom. The van der Waals surface area contributed by atoms with Crippen molar-refractivity contribution in [2.24, 2.45) is 0 Å². The Bertz CT molecular complexity index is 370. The molecule has 2 rings (SSSR count). The van der Waals surface area contributed by atoms with Crippen LogP contribution in [-0.4, -0.2) is 47.2 Å². The summed E-state index contributed by atoms with van der Waals surface area (Å²) in [4.78, 5) is 13.7. The quantitative estimate of drug-likeness (QED) is 0.732. The number of hydrogen-bond acceptors (Lipinski definition) is 3. The number of halogens is 1. The van der Waals surface area contributed by atoms with Gasteiger partial charge in [-0.15, -0.1) is 0 Å². The smallest absolute Gasteiger partial charge is 0.276 e. The van der Waals surface area contributed by atoms with E-state index in [0.717, 1.165) is 18.8 Å². The number of rotatable bonds is 1. The molecule has 0 atom stereocenters.